The lowest BCUT2D eigenvalue weighted by atomic mass is 9.63. The summed E-state index contributed by atoms with van der Waals surface area (Å²) >= 11 is 0. The van der Waals surface area contributed by atoms with Crippen LogP contribution in [0.15, 0.2) is 36.4 Å². The molecule has 1 aliphatic heterocycles. The maximum Gasteiger partial charge on any atom is 0.416 e. The van der Waals surface area contributed by atoms with Crippen molar-refractivity contribution in [1.29, 1.82) is 0 Å². The number of hydrogen-bond acceptors (Lipinski definition) is 2. The van der Waals surface area contributed by atoms with E-state index in [0.717, 1.165) is 23.5 Å². The molecular weight excluding hydrogens is 319 g/mol. The van der Waals surface area contributed by atoms with Crippen molar-refractivity contribution in [2.24, 2.45) is 35.5 Å². The number of amides is 2. The van der Waals surface area contributed by atoms with Crippen LogP contribution in [0.1, 0.15) is 12.0 Å². The monoisotopic (exact) mass is 333 g/mol. The van der Waals surface area contributed by atoms with E-state index in [2.05, 4.69) is 0 Å². The van der Waals surface area contributed by atoms with Crippen molar-refractivity contribution >= 4 is 17.5 Å². The molecule has 0 radical (unpaired) electrons. The minimum Gasteiger partial charge on any atom is -0.274 e. The van der Waals surface area contributed by atoms with E-state index in [4.69, 9.17) is 0 Å². The van der Waals surface area contributed by atoms with E-state index in [1.54, 1.807) is 0 Å². The SMILES string of the molecule is O=C1[C@@H]2[C@@H]3C=C[C@@H]([C@H]4C[C@H]34)[C@@H]2C(=O)N1c1cccc(C(F)(F)F)c1. The van der Waals surface area contributed by atoms with Crippen LogP contribution in [0.2, 0.25) is 0 Å². The zero-order valence-electron chi connectivity index (χ0n) is 12.5. The smallest absolute Gasteiger partial charge is 0.274 e. The zero-order chi connectivity index (χ0) is 16.8. The first-order chi connectivity index (χ1) is 11.4. The second-order valence-corrected chi connectivity index (χ2v) is 7.21. The summed E-state index contributed by atoms with van der Waals surface area (Å²) in [6.45, 7) is 0. The van der Waals surface area contributed by atoms with Crippen LogP contribution in [-0.2, 0) is 15.8 Å². The molecule has 124 valence electrons. The van der Waals surface area contributed by atoms with Crippen molar-refractivity contribution in [2.75, 3.05) is 4.90 Å². The van der Waals surface area contributed by atoms with Crippen molar-refractivity contribution in [3.05, 3.63) is 42.0 Å². The first kappa shape index (κ1) is 14.3. The van der Waals surface area contributed by atoms with Gasteiger partial charge in [-0.3, -0.25) is 14.5 Å². The summed E-state index contributed by atoms with van der Waals surface area (Å²) in [6, 6.07) is 4.48. The number of nitrogens with zero attached hydrogens (tertiary/aromatic N) is 1. The van der Waals surface area contributed by atoms with Crippen LogP contribution >= 0.6 is 0 Å². The van der Waals surface area contributed by atoms with Gasteiger partial charge in [-0.15, -0.1) is 0 Å². The number of carbonyl (C=O) groups excluding carboxylic acids is 2. The van der Waals surface area contributed by atoms with Crippen molar-refractivity contribution in [2.45, 2.75) is 12.6 Å². The van der Waals surface area contributed by atoms with Crippen molar-refractivity contribution in [3.63, 3.8) is 0 Å². The van der Waals surface area contributed by atoms with E-state index in [-0.39, 0.29) is 29.3 Å². The Hall–Kier alpha value is -2.11. The highest BCUT2D eigenvalue weighted by Crippen LogP contribution is 2.65. The third-order valence-corrected chi connectivity index (χ3v) is 6.09. The van der Waals surface area contributed by atoms with E-state index in [1.807, 2.05) is 12.2 Å². The molecular formula is C18H14F3NO2. The van der Waals surface area contributed by atoms with Crippen LogP contribution in [0.5, 0.6) is 0 Å². The number of imide groups is 1. The van der Waals surface area contributed by atoms with Gasteiger partial charge < -0.3 is 0 Å². The Morgan fingerprint density at radius 3 is 2.08 bits per heavy atom. The molecule has 1 aromatic rings. The molecule has 0 spiro atoms. The summed E-state index contributed by atoms with van der Waals surface area (Å²) in [5.74, 6) is -0.395. The molecule has 24 heavy (non-hydrogen) atoms. The Kier molecular flexibility index (Phi) is 2.55. The second-order valence-electron chi connectivity index (χ2n) is 7.21. The van der Waals surface area contributed by atoms with Crippen LogP contribution in [-0.4, -0.2) is 11.8 Å². The summed E-state index contributed by atoms with van der Waals surface area (Å²) in [7, 11) is 0. The summed E-state index contributed by atoms with van der Waals surface area (Å²) in [5.41, 5.74) is -0.818. The maximum atomic E-state index is 12.9. The molecule has 2 saturated carbocycles. The lowest BCUT2D eigenvalue weighted by Crippen LogP contribution is -2.40. The van der Waals surface area contributed by atoms with Gasteiger partial charge in [-0.2, -0.15) is 13.2 Å². The van der Waals surface area contributed by atoms with E-state index in [1.165, 1.54) is 12.1 Å². The third-order valence-electron chi connectivity index (χ3n) is 6.09. The Balaban J connectivity index is 1.55. The first-order valence-electron chi connectivity index (χ1n) is 8.11. The van der Waals surface area contributed by atoms with Crippen LogP contribution < -0.4 is 4.90 Å². The van der Waals surface area contributed by atoms with Gasteiger partial charge in [0.05, 0.1) is 23.1 Å². The molecule has 4 aliphatic carbocycles. The number of rotatable bonds is 1. The van der Waals surface area contributed by atoms with Crippen molar-refractivity contribution in [3.8, 4) is 0 Å². The lowest BCUT2D eigenvalue weighted by molar-refractivity contribution is -0.137. The Bertz CT molecular complexity index is 764. The summed E-state index contributed by atoms with van der Waals surface area (Å²) in [4.78, 5) is 26.7. The van der Waals surface area contributed by atoms with Gasteiger partial charge in [0.2, 0.25) is 11.8 Å². The molecule has 1 saturated heterocycles. The third kappa shape index (κ3) is 1.69. The summed E-state index contributed by atoms with van der Waals surface area (Å²) in [5, 5.41) is 0. The van der Waals surface area contributed by atoms with Crippen LogP contribution in [0.25, 0.3) is 0 Å². The molecule has 6 atom stereocenters. The van der Waals surface area contributed by atoms with Gasteiger partial charge in [-0.25, -0.2) is 0 Å². The van der Waals surface area contributed by atoms with Crippen LogP contribution in [0, 0.1) is 35.5 Å². The maximum absolute atomic E-state index is 12.9. The average molecular weight is 333 g/mol. The molecule has 3 nitrogen and oxygen atoms in total. The standard InChI is InChI=1S/C18H14F3NO2/c19-18(20,21)8-2-1-3-9(6-8)22-16(23)14-10-4-5-11(13-7-12(10)13)15(14)17(22)24/h1-6,10-15H,7H2/t10-,11+,12-,13-,14-,15+/m1/s1. The molecule has 0 unspecified atom stereocenters. The molecule has 0 aromatic heterocycles. The first-order valence-corrected chi connectivity index (χ1v) is 8.11. The molecule has 6 rings (SSSR count). The van der Waals surface area contributed by atoms with Crippen molar-refractivity contribution in [1.82, 2.24) is 0 Å². The van der Waals surface area contributed by atoms with Crippen LogP contribution in [0.3, 0.4) is 0 Å². The van der Waals surface area contributed by atoms with Crippen LogP contribution in [0.4, 0.5) is 18.9 Å². The Labute approximate surface area is 136 Å². The topological polar surface area (TPSA) is 37.4 Å². The van der Waals surface area contributed by atoms with Gasteiger partial charge >= 0.3 is 6.18 Å². The number of benzene rings is 1. The summed E-state index contributed by atoms with van der Waals surface area (Å²) < 4.78 is 38.8. The highest BCUT2D eigenvalue weighted by atomic mass is 19.4. The molecule has 3 fully saturated rings. The number of carbonyl (C=O) groups is 2. The number of allylic oxidation sites excluding steroid dienone is 2. The van der Waals surface area contributed by atoms with Gasteiger partial charge in [0.15, 0.2) is 0 Å². The lowest BCUT2D eigenvalue weighted by Gasteiger charge is -2.37. The molecule has 0 N–H and O–H groups in total. The number of anilines is 1. The Morgan fingerprint density at radius 1 is 0.958 bits per heavy atom. The fourth-order valence-electron chi connectivity index (χ4n) is 5.03. The zero-order valence-corrected chi connectivity index (χ0v) is 12.5. The van der Waals surface area contributed by atoms with E-state index >= 15 is 0 Å². The fraction of sp³-hybridized carbons (Fsp3) is 0.444. The average Bonchev–Trinajstić information content (AvgIpc) is 3.31. The van der Waals surface area contributed by atoms with Gasteiger partial charge in [-0.1, -0.05) is 18.2 Å². The number of alkyl halides is 3. The second kappa shape index (κ2) is 4.29. The van der Waals surface area contributed by atoms with Gasteiger partial charge in [0, 0.05) is 0 Å². The predicted octanol–water partition coefficient (Wildman–Crippen LogP) is 3.26. The quantitative estimate of drug-likeness (QED) is 0.584. The Morgan fingerprint density at radius 2 is 1.54 bits per heavy atom. The van der Waals surface area contributed by atoms with E-state index < -0.39 is 23.6 Å². The highest BCUT2D eigenvalue weighted by Gasteiger charge is 2.67. The molecule has 1 heterocycles. The van der Waals surface area contributed by atoms with Gasteiger partial charge in [0.25, 0.3) is 0 Å². The minimum atomic E-state index is -4.50. The predicted molar refractivity (Wildman–Crippen MR) is 78.6 cm³/mol. The highest BCUT2D eigenvalue weighted by molar-refractivity contribution is 6.22. The number of halogens is 3. The normalized spacial score (nSPS) is 39.2. The molecule has 5 aliphatic rings. The molecule has 1 aromatic carbocycles. The van der Waals surface area contributed by atoms with E-state index in [0.29, 0.717) is 11.8 Å². The van der Waals surface area contributed by atoms with E-state index in [9.17, 15) is 22.8 Å². The van der Waals surface area contributed by atoms with Crippen molar-refractivity contribution < 1.29 is 22.8 Å². The fourth-order valence-corrected chi connectivity index (χ4v) is 5.03. The summed E-state index contributed by atoms with van der Waals surface area (Å²) in [6.07, 6.45) is 0.637. The minimum absolute atomic E-state index is 0.0299. The largest absolute Gasteiger partial charge is 0.416 e. The van der Waals surface area contributed by atoms with Gasteiger partial charge in [0.1, 0.15) is 0 Å². The molecule has 2 bridgehead atoms. The van der Waals surface area contributed by atoms with Gasteiger partial charge in [-0.05, 0) is 48.3 Å². The molecule has 2 amide bonds. The molecule has 6 heteroatoms. The number of hydrogen-bond donors (Lipinski definition) is 0.